The molecule has 1 aliphatic carbocycles. The SMILES string of the molecule is CC(=O)N1CCCCCCCN(C(=O)C2CN(C3CCCCC3)C2)Cc2ccccc21. The lowest BCUT2D eigenvalue weighted by molar-refractivity contribution is -0.143. The Morgan fingerprint density at radius 2 is 1.48 bits per heavy atom. The van der Waals surface area contributed by atoms with Crippen LogP contribution in [0, 0.1) is 5.92 Å². The molecule has 1 saturated carbocycles. The van der Waals surface area contributed by atoms with E-state index in [1.54, 1.807) is 6.92 Å². The first-order valence-corrected chi connectivity index (χ1v) is 12.5. The summed E-state index contributed by atoms with van der Waals surface area (Å²) in [5.74, 6) is 0.545. The third kappa shape index (κ3) is 5.49. The van der Waals surface area contributed by atoms with Gasteiger partial charge in [0.05, 0.1) is 5.92 Å². The second kappa shape index (κ2) is 10.6. The molecule has 2 amide bonds. The summed E-state index contributed by atoms with van der Waals surface area (Å²) in [5.41, 5.74) is 2.07. The van der Waals surface area contributed by atoms with Crippen LogP contribution in [-0.2, 0) is 16.1 Å². The molecule has 0 unspecified atom stereocenters. The van der Waals surface area contributed by atoms with E-state index in [2.05, 4.69) is 15.9 Å². The summed E-state index contributed by atoms with van der Waals surface area (Å²) in [4.78, 5) is 32.4. The summed E-state index contributed by atoms with van der Waals surface area (Å²) in [6.45, 7) is 5.72. The van der Waals surface area contributed by atoms with Gasteiger partial charge in [0.25, 0.3) is 0 Å². The number of carbonyl (C=O) groups excluding carboxylic acids is 2. The highest BCUT2D eigenvalue weighted by Crippen LogP contribution is 2.31. The second-order valence-corrected chi connectivity index (χ2v) is 9.77. The summed E-state index contributed by atoms with van der Waals surface area (Å²) >= 11 is 0. The average Bonchev–Trinajstić information content (AvgIpc) is 2.73. The molecule has 0 N–H and O–H groups in total. The van der Waals surface area contributed by atoms with Crippen LogP contribution in [0.3, 0.4) is 0 Å². The van der Waals surface area contributed by atoms with Crippen molar-refractivity contribution in [3.05, 3.63) is 29.8 Å². The molecule has 31 heavy (non-hydrogen) atoms. The Balaban J connectivity index is 1.47. The van der Waals surface area contributed by atoms with Crippen molar-refractivity contribution >= 4 is 17.5 Å². The summed E-state index contributed by atoms with van der Waals surface area (Å²) in [7, 11) is 0. The Kier molecular flexibility index (Phi) is 7.65. The molecule has 5 heteroatoms. The number of para-hydroxylation sites is 1. The van der Waals surface area contributed by atoms with Gasteiger partial charge < -0.3 is 9.80 Å². The second-order valence-electron chi connectivity index (χ2n) is 9.77. The summed E-state index contributed by atoms with van der Waals surface area (Å²) < 4.78 is 0. The van der Waals surface area contributed by atoms with Gasteiger partial charge in [-0.15, -0.1) is 0 Å². The quantitative estimate of drug-likeness (QED) is 0.696. The average molecular weight is 426 g/mol. The highest BCUT2D eigenvalue weighted by Gasteiger charge is 2.39. The van der Waals surface area contributed by atoms with Gasteiger partial charge in [0.15, 0.2) is 0 Å². The molecule has 1 aromatic carbocycles. The van der Waals surface area contributed by atoms with E-state index >= 15 is 0 Å². The van der Waals surface area contributed by atoms with Crippen LogP contribution in [0.25, 0.3) is 0 Å². The van der Waals surface area contributed by atoms with Gasteiger partial charge in [-0.05, 0) is 37.3 Å². The first-order chi connectivity index (χ1) is 15.1. The monoisotopic (exact) mass is 425 g/mol. The zero-order chi connectivity index (χ0) is 21.6. The molecule has 2 fully saturated rings. The van der Waals surface area contributed by atoms with Gasteiger partial charge in [0, 0.05) is 51.4 Å². The fourth-order valence-corrected chi connectivity index (χ4v) is 5.60. The van der Waals surface area contributed by atoms with Crippen LogP contribution < -0.4 is 4.90 Å². The summed E-state index contributed by atoms with van der Waals surface area (Å²) in [6.07, 6.45) is 12.2. The van der Waals surface area contributed by atoms with Gasteiger partial charge in [-0.1, -0.05) is 56.7 Å². The molecular weight excluding hydrogens is 386 g/mol. The van der Waals surface area contributed by atoms with E-state index < -0.39 is 0 Å². The third-order valence-corrected chi connectivity index (χ3v) is 7.50. The number of amides is 2. The largest absolute Gasteiger partial charge is 0.338 e. The van der Waals surface area contributed by atoms with Crippen LogP contribution >= 0.6 is 0 Å². The number of likely N-dealkylation sites (tertiary alicyclic amines) is 1. The highest BCUT2D eigenvalue weighted by atomic mass is 16.2. The number of hydrogen-bond acceptors (Lipinski definition) is 3. The lowest BCUT2D eigenvalue weighted by atomic mass is 9.88. The van der Waals surface area contributed by atoms with E-state index in [-0.39, 0.29) is 11.8 Å². The summed E-state index contributed by atoms with van der Waals surface area (Å²) in [5, 5.41) is 0. The van der Waals surface area contributed by atoms with Gasteiger partial charge >= 0.3 is 0 Å². The number of hydrogen-bond donors (Lipinski definition) is 0. The molecule has 1 saturated heterocycles. The standard InChI is InChI=1S/C26H39N3O2/c1-21(30)29-17-11-4-2-3-10-16-27(18-22-12-8-9-15-25(22)29)26(31)23-19-28(20-23)24-13-6-5-7-14-24/h8-9,12,15,23-24H,2-7,10-11,13-14,16-20H2,1H3. The molecule has 0 radical (unpaired) electrons. The molecule has 1 aromatic rings. The van der Waals surface area contributed by atoms with E-state index in [1.807, 2.05) is 23.1 Å². The molecule has 2 aliphatic heterocycles. The maximum atomic E-state index is 13.5. The van der Waals surface area contributed by atoms with Gasteiger partial charge in [-0.2, -0.15) is 0 Å². The zero-order valence-corrected chi connectivity index (χ0v) is 19.2. The van der Waals surface area contributed by atoms with Gasteiger partial charge in [0.1, 0.15) is 0 Å². The van der Waals surface area contributed by atoms with E-state index in [1.165, 1.54) is 38.5 Å². The van der Waals surface area contributed by atoms with Crippen LogP contribution in [0.15, 0.2) is 24.3 Å². The predicted octanol–water partition coefficient (Wildman–Crippen LogP) is 4.60. The van der Waals surface area contributed by atoms with Crippen molar-refractivity contribution in [2.45, 2.75) is 83.7 Å². The van der Waals surface area contributed by atoms with Crippen molar-refractivity contribution < 1.29 is 9.59 Å². The number of carbonyl (C=O) groups is 2. The van der Waals surface area contributed by atoms with Crippen LogP contribution in [0.1, 0.15) is 76.7 Å². The lowest BCUT2D eigenvalue weighted by Gasteiger charge is -2.46. The predicted molar refractivity (Wildman–Crippen MR) is 125 cm³/mol. The molecule has 0 bridgehead atoms. The molecule has 4 rings (SSSR count). The fourth-order valence-electron chi connectivity index (χ4n) is 5.60. The van der Waals surface area contributed by atoms with E-state index in [0.717, 1.165) is 63.1 Å². The van der Waals surface area contributed by atoms with Crippen molar-refractivity contribution in [3.8, 4) is 0 Å². The molecule has 0 atom stereocenters. The van der Waals surface area contributed by atoms with Crippen LogP contribution in [0.2, 0.25) is 0 Å². The van der Waals surface area contributed by atoms with E-state index in [4.69, 9.17) is 0 Å². The first kappa shape index (κ1) is 22.3. The smallest absolute Gasteiger partial charge is 0.228 e. The Morgan fingerprint density at radius 3 is 2.23 bits per heavy atom. The first-order valence-electron chi connectivity index (χ1n) is 12.5. The van der Waals surface area contributed by atoms with Crippen LogP contribution in [0.4, 0.5) is 5.69 Å². The van der Waals surface area contributed by atoms with Crippen molar-refractivity contribution in [2.75, 3.05) is 31.1 Å². The Morgan fingerprint density at radius 1 is 0.839 bits per heavy atom. The van der Waals surface area contributed by atoms with Gasteiger partial charge in [-0.25, -0.2) is 0 Å². The van der Waals surface area contributed by atoms with E-state index in [9.17, 15) is 9.59 Å². The Hall–Kier alpha value is -1.88. The van der Waals surface area contributed by atoms with Gasteiger partial charge in [-0.3, -0.25) is 14.5 Å². The van der Waals surface area contributed by atoms with E-state index in [0.29, 0.717) is 18.5 Å². The lowest BCUT2D eigenvalue weighted by Crippen LogP contribution is -2.58. The number of benzene rings is 1. The van der Waals surface area contributed by atoms with Crippen molar-refractivity contribution in [1.82, 2.24) is 9.80 Å². The maximum absolute atomic E-state index is 13.5. The fraction of sp³-hybridized carbons (Fsp3) is 0.692. The van der Waals surface area contributed by atoms with Crippen molar-refractivity contribution in [1.29, 1.82) is 0 Å². The molecule has 0 spiro atoms. The third-order valence-electron chi connectivity index (χ3n) is 7.50. The van der Waals surface area contributed by atoms with Crippen LogP contribution in [0.5, 0.6) is 0 Å². The maximum Gasteiger partial charge on any atom is 0.228 e. The minimum atomic E-state index is 0.0875. The number of nitrogens with zero attached hydrogens (tertiary/aromatic N) is 3. The topological polar surface area (TPSA) is 43.9 Å². The molecular formula is C26H39N3O2. The summed E-state index contributed by atoms with van der Waals surface area (Å²) in [6, 6.07) is 8.86. The molecule has 170 valence electrons. The van der Waals surface area contributed by atoms with Gasteiger partial charge in [0.2, 0.25) is 11.8 Å². The molecule has 3 aliphatic rings. The van der Waals surface area contributed by atoms with Crippen molar-refractivity contribution in [3.63, 3.8) is 0 Å². The highest BCUT2D eigenvalue weighted by molar-refractivity contribution is 5.92. The zero-order valence-electron chi connectivity index (χ0n) is 19.2. The number of anilines is 1. The normalized spacial score (nSPS) is 22.7. The minimum absolute atomic E-state index is 0.0875. The molecule has 2 heterocycles. The van der Waals surface area contributed by atoms with Crippen LogP contribution in [-0.4, -0.2) is 53.8 Å². The minimum Gasteiger partial charge on any atom is -0.338 e. The number of rotatable bonds is 2. The Labute approximate surface area is 187 Å². The molecule has 5 nitrogen and oxygen atoms in total. The molecule has 0 aromatic heterocycles. The van der Waals surface area contributed by atoms with Crippen molar-refractivity contribution in [2.24, 2.45) is 5.92 Å². The number of fused-ring (bicyclic) bond motifs is 1. The Bertz CT molecular complexity index is 753.